The zero-order chi connectivity index (χ0) is 8.12. The zero-order valence-corrected chi connectivity index (χ0v) is 10.2. The molecule has 0 fully saturated rings. The second kappa shape index (κ2) is 80.6. The summed E-state index contributed by atoms with van der Waals surface area (Å²) in [5, 5.41) is 25.7. The van der Waals surface area contributed by atoms with Crippen molar-refractivity contribution in [1.29, 1.82) is 15.8 Å². The predicted molar refractivity (Wildman–Crippen MR) is 45.8 cm³/mol. The SMILES string of the molecule is N#CS.N#CS.N#C[S-].O.[Na+]. The first-order valence-electron chi connectivity index (χ1n) is 1.32. The second-order valence-corrected chi connectivity index (χ2v) is 0.874. The summed E-state index contributed by atoms with van der Waals surface area (Å²) in [6.45, 7) is 0. The molecule has 0 heterocycles. The van der Waals surface area contributed by atoms with Gasteiger partial charge in [0.15, 0.2) is 0 Å². The van der Waals surface area contributed by atoms with E-state index in [0.29, 0.717) is 0 Å². The van der Waals surface area contributed by atoms with Crippen LogP contribution in [0, 0.1) is 32.0 Å². The second-order valence-electron chi connectivity index (χ2n) is 0.291. The van der Waals surface area contributed by atoms with Crippen LogP contribution >= 0.6 is 25.3 Å². The van der Waals surface area contributed by atoms with Gasteiger partial charge in [-0.05, 0) is 0 Å². The van der Waals surface area contributed by atoms with Crippen molar-refractivity contribution in [2.75, 3.05) is 0 Å². The third kappa shape index (κ3) is 5890. The van der Waals surface area contributed by atoms with Gasteiger partial charge in [0.25, 0.3) is 0 Å². The van der Waals surface area contributed by atoms with Crippen LogP contribution < -0.4 is 29.6 Å². The molecule has 0 aliphatic rings. The van der Waals surface area contributed by atoms with Gasteiger partial charge >= 0.3 is 29.6 Å². The van der Waals surface area contributed by atoms with Crippen molar-refractivity contribution >= 4 is 37.9 Å². The van der Waals surface area contributed by atoms with E-state index in [0.717, 1.165) is 0 Å². The molecule has 56 valence electrons. The molecule has 0 saturated heterocycles. The quantitative estimate of drug-likeness (QED) is 0.195. The van der Waals surface area contributed by atoms with Crippen molar-refractivity contribution in [1.82, 2.24) is 0 Å². The van der Waals surface area contributed by atoms with Crippen molar-refractivity contribution in [2.24, 2.45) is 0 Å². The largest absolute Gasteiger partial charge is 1.00 e. The minimum Gasteiger partial charge on any atom is -0.696 e. The number of rotatable bonds is 0. The monoisotopic (exact) mass is 217 g/mol. The van der Waals surface area contributed by atoms with Crippen molar-refractivity contribution in [2.45, 2.75) is 0 Å². The smallest absolute Gasteiger partial charge is 0.696 e. The van der Waals surface area contributed by atoms with Crippen LogP contribution in [0.25, 0.3) is 0 Å². The molecule has 0 aliphatic carbocycles. The summed E-state index contributed by atoms with van der Waals surface area (Å²) < 4.78 is 0. The van der Waals surface area contributed by atoms with E-state index in [1.807, 2.05) is 0 Å². The first-order valence-corrected chi connectivity index (χ1v) is 2.62. The average molecular weight is 217 g/mol. The Hall–Kier alpha value is 0.350. The van der Waals surface area contributed by atoms with Gasteiger partial charge in [0.1, 0.15) is 10.8 Å². The molecule has 8 heteroatoms. The molecule has 0 rings (SSSR count). The molecule has 0 saturated carbocycles. The summed E-state index contributed by atoms with van der Waals surface area (Å²) in [5.74, 6) is 0. The molecule has 0 amide bonds. The molecule has 0 radical (unpaired) electrons. The summed E-state index contributed by atoms with van der Waals surface area (Å²) in [5.41, 5.74) is 0. The van der Waals surface area contributed by atoms with Crippen molar-refractivity contribution in [3.63, 3.8) is 0 Å². The molecule has 11 heavy (non-hydrogen) atoms. The van der Waals surface area contributed by atoms with Crippen molar-refractivity contribution < 1.29 is 35.0 Å². The van der Waals surface area contributed by atoms with Gasteiger partial charge in [0.2, 0.25) is 0 Å². The van der Waals surface area contributed by atoms with Crippen molar-refractivity contribution in [3.8, 4) is 16.2 Å². The van der Waals surface area contributed by atoms with Gasteiger partial charge in [-0.25, -0.2) is 5.26 Å². The minimum atomic E-state index is 0. The van der Waals surface area contributed by atoms with Crippen LogP contribution in [0.3, 0.4) is 0 Å². The molecule has 0 aliphatic heterocycles. The Morgan fingerprint density at radius 1 is 1.00 bits per heavy atom. The molecular weight excluding hydrogens is 213 g/mol. The average Bonchev–Trinajstić information content (AvgIpc) is 1.70. The zero-order valence-electron chi connectivity index (χ0n) is 5.64. The summed E-state index contributed by atoms with van der Waals surface area (Å²) in [7, 11) is 0. The van der Waals surface area contributed by atoms with Gasteiger partial charge in [0.05, 0.1) is 0 Å². The van der Waals surface area contributed by atoms with Crippen LogP contribution in [0.4, 0.5) is 0 Å². The molecule has 0 spiro atoms. The molecule has 0 aromatic heterocycles. The van der Waals surface area contributed by atoms with E-state index in [-0.39, 0.29) is 35.0 Å². The Labute approximate surface area is 104 Å². The predicted octanol–water partition coefficient (Wildman–Crippen LogP) is -3.01. The summed E-state index contributed by atoms with van der Waals surface area (Å²) in [4.78, 5) is 0. The number of nitriles is 3. The maximum absolute atomic E-state index is 7.18. The van der Waals surface area contributed by atoms with E-state index in [1.165, 1.54) is 16.2 Å². The normalized spacial score (nSPS) is 2.09. The third-order valence-electron chi connectivity index (χ3n) is 0. The molecule has 0 bridgehead atoms. The fraction of sp³-hybridized carbons (Fsp3) is 0. The minimum absolute atomic E-state index is 0. The van der Waals surface area contributed by atoms with Crippen LogP contribution in [0.15, 0.2) is 0 Å². The number of nitrogens with zero attached hydrogens (tertiary/aromatic N) is 3. The Morgan fingerprint density at radius 2 is 1.00 bits per heavy atom. The molecule has 2 N–H and O–H groups in total. The summed E-state index contributed by atoms with van der Waals surface area (Å²) in [6, 6.07) is 0. The first-order chi connectivity index (χ1) is 4.24. The number of thiocyanates is 3. The topological polar surface area (TPSA) is 103 Å². The van der Waals surface area contributed by atoms with E-state index in [1.54, 1.807) is 0 Å². The fourth-order valence-corrected chi connectivity index (χ4v) is 0. The summed E-state index contributed by atoms with van der Waals surface area (Å²) >= 11 is 9.89. The van der Waals surface area contributed by atoms with Gasteiger partial charge in [-0.15, -0.1) is 0 Å². The van der Waals surface area contributed by atoms with Gasteiger partial charge < -0.3 is 18.1 Å². The molecule has 0 unspecified atom stereocenters. The number of hydrogen-bond acceptors (Lipinski definition) is 6. The fourth-order valence-electron chi connectivity index (χ4n) is 0. The van der Waals surface area contributed by atoms with Crippen LogP contribution in [0.5, 0.6) is 0 Å². The Kier molecular flexibility index (Phi) is 221. The van der Waals surface area contributed by atoms with Crippen LogP contribution in [-0.4, -0.2) is 5.48 Å². The molecule has 0 aromatic rings. The Morgan fingerprint density at radius 3 is 1.00 bits per heavy atom. The van der Waals surface area contributed by atoms with E-state index >= 15 is 0 Å². The van der Waals surface area contributed by atoms with E-state index in [2.05, 4.69) is 37.9 Å². The van der Waals surface area contributed by atoms with E-state index in [9.17, 15) is 0 Å². The van der Waals surface area contributed by atoms with Gasteiger partial charge in [-0.3, -0.25) is 0 Å². The molecule has 0 atom stereocenters. The van der Waals surface area contributed by atoms with Crippen LogP contribution in [0.2, 0.25) is 0 Å². The Bertz CT molecular complexity index is 117. The number of thiol groups is 2. The van der Waals surface area contributed by atoms with Gasteiger partial charge in [-0.1, -0.05) is 30.7 Å². The van der Waals surface area contributed by atoms with E-state index < -0.39 is 0 Å². The molecule has 0 aromatic carbocycles. The van der Waals surface area contributed by atoms with Crippen LogP contribution in [0.1, 0.15) is 0 Å². The molecule has 4 nitrogen and oxygen atoms in total. The first kappa shape index (κ1) is 30.2. The standard InChI is InChI=1S/3CHNS.Na.H2O/c3*2-1-3;;/h3*3H;;1H2/q;;;+1;/p-1. The summed E-state index contributed by atoms with van der Waals surface area (Å²) in [6.07, 6.45) is 0. The van der Waals surface area contributed by atoms with Crippen molar-refractivity contribution in [3.05, 3.63) is 0 Å². The third-order valence-corrected chi connectivity index (χ3v) is 0. The maximum atomic E-state index is 7.18. The molecular formula is C3H4N3NaOS3. The van der Waals surface area contributed by atoms with Gasteiger partial charge in [0, 0.05) is 0 Å². The Balaban J connectivity index is -0.0000000150. The van der Waals surface area contributed by atoms with Gasteiger partial charge in [-0.2, -0.15) is 10.5 Å². The maximum Gasteiger partial charge on any atom is 1.00 e. The van der Waals surface area contributed by atoms with Crippen LogP contribution in [-0.2, 0) is 12.6 Å². The van der Waals surface area contributed by atoms with E-state index in [4.69, 9.17) is 15.8 Å². The number of hydrogen-bond donors (Lipinski definition) is 2.